The van der Waals surface area contributed by atoms with Crippen LogP contribution >= 0.6 is 11.3 Å². The van der Waals surface area contributed by atoms with Crippen LogP contribution in [0.15, 0.2) is 33.6 Å². The number of anilines is 1. The van der Waals surface area contributed by atoms with Crippen molar-refractivity contribution in [2.24, 2.45) is 10.3 Å². The lowest BCUT2D eigenvalue weighted by Crippen LogP contribution is -2.41. The quantitative estimate of drug-likeness (QED) is 0.667. The van der Waals surface area contributed by atoms with Gasteiger partial charge in [-0.15, -0.1) is 15.7 Å². The predicted molar refractivity (Wildman–Crippen MR) is 125 cm³/mol. The molecule has 1 aromatic heterocycles. The van der Waals surface area contributed by atoms with E-state index in [2.05, 4.69) is 9.71 Å². The third-order valence-corrected chi connectivity index (χ3v) is 9.11. The van der Waals surface area contributed by atoms with Gasteiger partial charge in [0.2, 0.25) is 5.91 Å². The fourth-order valence-electron chi connectivity index (χ4n) is 4.86. The van der Waals surface area contributed by atoms with Crippen LogP contribution < -0.4 is 5.32 Å². The van der Waals surface area contributed by atoms with Crippen molar-refractivity contribution in [3.05, 3.63) is 45.8 Å². The first kappa shape index (κ1) is 22.1. The number of benzene rings is 1. The average Bonchev–Trinajstić information content (AvgIpc) is 3.33. The summed E-state index contributed by atoms with van der Waals surface area (Å²) in [5, 5.41) is 3.58. The molecule has 8 nitrogen and oxygen atoms in total. The molecule has 0 radical (unpaired) electrons. The van der Waals surface area contributed by atoms with Crippen molar-refractivity contribution in [1.29, 1.82) is 0 Å². The minimum atomic E-state index is -3.67. The van der Waals surface area contributed by atoms with Crippen LogP contribution in [0.2, 0.25) is 0 Å². The lowest BCUT2D eigenvalue weighted by Gasteiger charge is -2.32. The number of rotatable bonds is 3. The van der Waals surface area contributed by atoms with Crippen molar-refractivity contribution in [2.75, 3.05) is 25.5 Å². The van der Waals surface area contributed by atoms with E-state index in [1.54, 1.807) is 24.3 Å². The first-order chi connectivity index (χ1) is 15.9. The molecule has 2 aromatic rings. The summed E-state index contributed by atoms with van der Waals surface area (Å²) in [6.07, 6.45) is 5.02. The zero-order chi connectivity index (χ0) is 23.2. The van der Waals surface area contributed by atoms with Gasteiger partial charge in [0, 0.05) is 29.4 Å². The number of sulfonamides is 1. The van der Waals surface area contributed by atoms with Gasteiger partial charge < -0.3 is 15.0 Å². The molecule has 0 spiro atoms. The monoisotopic (exact) mass is 487 g/mol. The highest BCUT2D eigenvalue weighted by Crippen LogP contribution is 2.39. The molecule has 0 saturated carbocycles. The zero-order valence-corrected chi connectivity index (χ0v) is 19.9. The maximum Gasteiger partial charge on any atom is 0.341 e. The van der Waals surface area contributed by atoms with Crippen LogP contribution in [0.4, 0.5) is 5.00 Å². The van der Waals surface area contributed by atoms with Gasteiger partial charge in [0.25, 0.3) is 10.0 Å². The summed E-state index contributed by atoms with van der Waals surface area (Å²) in [4.78, 5) is 28.8. The van der Waals surface area contributed by atoms with E-state index in [0.29, 0.717) is 47.9 Å². The molecule has 0 bridgehead atoms. The largest absolute Gasteiger partial charge is 0.465 e. The van der Waals surface area contributed by atoms with Gasteiger partial charge in [-0.1, -0.05) is 12.1 Å². The van der Waals surface area contributed by atoms with Crippen molar-refractivity contribution in [3.8, 4) is 0 Å². The Kier molecular flexibility index (Phi) is 5.74. The van der Waals surface area contributed by atoms with E-state index in [4.69, 9.17) is 4.74 Å². The standard InChI is InChI=1S/C23H25N3O5S2/c1-31-23(28)19-15-6-2-4-8-17(15)32-22(19)24-21(27)14-10-12-26(13-11-14)20-16-7-3-5-9-18(16)33(29,30)25-20/h3,5,7,9,14H,2,4,6,8,10-13H2,1H3,(H,24,27). The van der Waals surface area contributed by atoms with Crippen LogP contribution in [0.25, 0.3) is 0 Å². The summed E-state index contributed by atoms with van der Waals surface area (Å²) in [7, 11) is -2.31. The van der Waals surface area contributed by atoms with Crippen LogP contribution in [0.1, 0.15) is 52.0 Å². The third kappa shape index (κ3) is 3.95. The molecule has 0 atom stereocenters. The molecule has 1 N–H and O–H groups in total. The molecule has 5 rings (SSSR count). The van der Waals surface area contributed by atoms with Crippen molar-refractivity contribution in [3.63, 3.8) is 0 Å². The Balaban J connectivity index is 1.29. The molecule has 3 heterocycles. The van der Waals surface area contributed by atoms with Crippen LogP contribution in [0.3, 0.4) is 0 Å². The Bertz CT molecular complexity index is 1260. The van der Waals surface area contributed by atoms with Gasteiger partial charge >= 0.3 is 5.97 Å². The molecule has 1 fully saturated rings. The predicted octanol–water partition coefficient (Wildman–Crippen LogP) is 3.21. The van der Waals surface area contributed by atoms with E-state index in [1.807, 2.05) is 4.90 Å². The topological polar surface area (TPSA) is 105 Å². The van der Waals surface area contributed by atoms with Crippen LogP contribution in [0.5, 0.6) is 0 Å². The second-order valence-electron chi connectivity index (χ2n) is 8.54. The number of likely N-dealkylation sites (tertiary alicyclic amines) is 1. The van der Waals surface area contributed by atoms with Crippen molar-refractivity contribution in [2.45, 2.75) is 43.4 Å². The molecular weight excluding hydrogens is 462 g/mol. The number of carbonyl (C=O) groups is 2. The average molecular weight is 488 g/mol. The Morgan fingerprint density at radius 2 is 1.88 bits per heavy atom. The highest BCUT2D eigenvalue weighted by molar-refractivity contribution is 7.90. The van der Waals surface area contributed by atoms with Gasteiger partial charge in [0.1, 0.15) is 9.90 Å². The van der Waals surface area contributed by atoms with E-state index < -0.39 is 16.0 Å². The molecule has 33 heavy (non-hydrogen) atoms. The molecule has 3 aliphatic rings. The van der Waals surface area contributed by atoms with Crippen molar-refractivity contribution >= 4 is 44.1 Å². The summed E-state index contributed by atoms with van der Waals surface area (Å²) in [5.41, 5.74) is 2.14. The molecule has 10 heteroatoms. The van der Waals surface area contributed by atoms with E-state index in [9.17, 15) is 18.0 Å². The molecule has 0 unspecified atom stereocenters. The number of fused-ring (bicyclic) bond motifs is 2. The lowest BCUT2D eigenvalue weighted by molar-refractivity contribution is -0.120. The Labute approximate surface area is 196 Å². The van der Waals surface area contributed by atoms with Gasteiger partial charge in [-0.3, -0.25) is 4.79 Å². The number of esters is 1. The highest BCUT2D eigenvalue weighted by atomic mass is 32.2. The fourth-order valence-corrected chi connectivity index (χ4v) is 7.36. The number of ether oxygens (including phenoxy) is 1. The fraction of sp³-hybridized carbons (Fsp3) is 0.435. The van der Waals surface area contributed by atoms with E-state index in [-0.39, 0.29) is 16.7 Å². The summed E-state index contributed by atoms with van der Waals surface area (Å²) in [6, 6.07) is 6.83. The van der Waals surface area contributed by atoms with E-state index in [0.717, 1.165) is 36.1 Å². The summed E-state index contributed by atoms with van der Waals surface area (Å²) in [5.74, 6) is -0.276. The maximum absolute atomic E-state index is 13.1. The number of amides is 1. The number of amidine groups is 1. The van der Waals surface area contributed by atoms with Gasteiger partial charge in [-0.05, 0) is 56.2 Å². The molecule has 1 aliphatic carbocycles. The van der Waals surface area contributed by atoms with E-state index in [1.165, 1.54) is 18.4 Å². The normalized spacial score (nSPS) is 19.4. The van der Waals surface area contributed by atoms with Gasteiger partial charge in [-0.25, -0.2) is 4.79 Å². The highest BCUT2D eigenvalue weighted by Gasteiger charge is 2.35. The third-order valence-electron chi connectivity index (χ3n) is 6.58. The summed E-state index contributed by atoms with van der Waals surface area (Å²) >= 11 is 1.48. The first-order valence-electron chi connectivity index (χ1n) is 11.1. The Morgan fingerprint density at radius 3 is 2.64 bits per heavy atom. The number of nitrogens with zero attached hydrogens (tertiary/aromatic N) is 2. The number of aryl methyl sites for hydroxylation is 1. The molecule has 174 valence electrons. The maximum atomic E-state index is 13.1. The number of thiophene rings is 1. The smallest absolute Gasteiger partial charge is 0.341 e. The molecule has 1 saturated heterocycles. The molecule has 1 amide bonds. The minimum Gasteiger partial charge on any atom is -0.465 e. The number of piperidine rings is 1. The van der Waals surface area contributed by atoms with E-state index >= 15 is 0 Å². The zero-order valence-electron chi connectivity index (χ0n) is 18.3. The Hall–Kier alpha value is -2.72. The SMILES string of the molecule is COC(=O)c1c(NC(=O)C2CCN(C3=NS(=O)(=O)c4ccccc43)CC2)sc2c1CCCC2. The van der Waals surface area contributed by atoms with Gasteiger partial charge in [-0.2, -0.15) is 8.42 Å². The van der Waals surface area contributed by atoms with Crippen molar-refractivity contribution < 1.29 is 22.7 Å². The van der Waals surface area contributed by atoms with Gasteiger partial charge in [0.15, 0.2) is 5.84 Å². The summed E-state index contributed by atoms with van der Waals surface area (Å²) in [6.45, 7) is 1.07. The van der Waals surface area contributed by atoms with Crippen LogP contribution in [0, 0.1) is 5.92 Å². The number of nitrogens with one attached hydrogen (secondary N) is 1. The first-order valence-corrected chi connectivity index (χ1v) is 13.4. The van der Waals surface area contributed by atoms with Crippen LogP contribution in [-0.2, 0) is 32.4 Å². The molecular formula is C23H25N3O5S2. The lowest BCUT2D eigenvalue weighted by atomic mass is 9.94. The number of hydrogen-bond donors (Lipinski definition) is 1. The summed E-state index contributed by atoms with van der Waals surface area (Å²) < 4.78 is 33.7. The molecule has 2 aliphatic heterocycles. The molecule has 1 aromatic carbocycles. The number of hydrogen-bond acceptors (Lipinski definition) is 7. The number of methoxy groups -OCH3 is 1. The van der Waals surface area contributed by atoms with Gasteiger partial charge in [0.05, 0.1) is 12.7 Å². The van der Waals surface area contributed by atoms with Crippen LogP contribution in [-0.4, -0.2) is 51.2 Å². The minimum absolute atomic E-state index is 0.111. The van der Waals surface area contributed by atoms with Crippen molar-refractivity contribution in [1.82, 2.24) is 4.90 Å². The second kappa shape index (κ2) is 8.57. The Morgan fingerprint density at radius 1 is 1.15 bits per heavy atom. The number of carbonyl (C=O) groups excluding carboxylic acids is 2. The second-order valence-corrected chi connectivity index (χ2v) is 11.2.